The van der Waals surface area contributed by atoms with E-state index in [9.17, 15) is 4.79 Å². The van der Waals surface area contributed by atoms with Gasteiger partial charge in [-0.15, -0.1) is 0 Å². The Hall–Kier alpha value is -1.06. The molecule has 1 saturated carbocycles. The molecule has 3 nitrogen and oxygen atoms in total. The molecule has 0 radical (unpaired) electrons. The van der Waals surface area contributed by atoms with Crippen LogP contribution in [0.4, 0.5) is 0 Å². The van der Waals surface area contributed by atoms with Crippen molar-refractivity contribution in [3.63, 3.8) is 0 Å². The predicted molar refractivity (Wildman–Crippen MR) is 81.0 cm³/mol. The lowest BCUT2D eigenvalue weighted by atomic mass is 9.99. The van der Waals surface area contributed by atoms with Crippen LogP contribution in [0, 0.1) is 0 Å². The Labute approximate surface area is 125 Å². The van der Waals surface area contributed by atoms with Crippen molar-refractivity contribution in [1.29, 1.82) is 0 Å². The number of nitrogens with zero attached hydrogens (tertiary/aromatic N) is 1. The van der Waals surface area contributed by atoms with Crippen molar-refractivity contribution >= 4 is 17.5 Å². The SMILES string of the molecule is CC(C(=O)NC1(CN2CCC2)CC1)c1ccccc1Cl. The quantitative estimate of drug-likeness (QED) is 0.905. The highest BCUT2D eigenvalue weighted by atomic mass is 35.5. The van der Waals surface area contributed by atoms with Crippen molar-refractivity contribution < 1.29 is 4.79 Å². The molecule has 1 aliphatic heterocycles. The molecule has 1 aromatic rings. The van der Waals surface area contributed by atoms with E-state index in [1.54, 1.807) is 0 Å². The number of carbonyl (C=O) groups excluding carboxylic acids is 1. The molecule has 1 aromatic carbocycles. The van der Waals surface area contributed by atoms with Gasteiger partial charge in [0.2, 0.25) is 5.91 Å². The van der Waals surface area contributed by atoms with Crippen LogP contribution in [-0.4, -0.2) is 36.0 Å². The van der Waals surface area contributed by atoms with Crippen LogP contribution < -0.4 is 5.32 Å². The fourth-order valence-electron chi connectivity index (χ4n) is 2.78. The number of amides is 1. The number of carbonyl (C=O) groups is 1. The highest BCUT2D eigenvalue weighted by Gasteiger charge is 2.46. The Balaban J connectivity index is 1.62. The number of hydrogen-bond donors (Lipinski definition) is 1. The van der Waals surface area contributed by atoms with Gasteiger partial charge in [-0.2, -0.15) is 0 Å². The van der Waals surface area contributed by atoms with E-state index < -0.39 is 0 Å². The van der Waals surface area contributed by atoms with Gasteiger partial charge < -0.3 is 10.2 Å². The van der Waals surface area contributed by atoms with Gasteiger partial charge in [-0.1, -0.05) is 29.8 Å². The van der Waals surface area contributed by atoms with Gasteiger partial charge in [0.25, 0.3) is 0 Å². The van der Waals surface area contributed by atoms with E-state index in [4.69, 9.17) is 11.6 Å². The Morgan fingerprint density at radius 3 is 2.65 bits per heavy atom. The maximum absolute atomic E-state index is 12.5. The molecule has 1 saturated heterocycles. The minimum absolute atomic E-state index is 0.0347. The fourth-order valence-corrected chi connectivity index (χ4v) is 3.08. The monoisotopic (exact) mass is 292 g/mol. The molecule has 1 N–H and O–H groups in total. The average molecular weight is 293 g/mol. The first kappa shape index (κ1) is 13.9. The summed E-state index contributed by atoms with van der Waals surface area (Å²) in [5, 5.41) is 3.92. The number of rotatable bonds is 5. The molecule has 0 spiro atoms. The van der Waals surface area contributed by atoms with Crippen LogP contribution in [0.1, 0.15) is 37.7 Å². The Bertz CT molecular complexity index is 509. The van der Waals surface area contributed by atoms with Gasteiger partial charge >= 0.3 is 0 Å². The first-order valence-corrected chi connectivity index (χ1v) is 7.76. The molecule has 1 atom stereocenters. The average Bonchev–Trinajstić information content (AvgIpc) is 3.14. The second-order valence-corrected chi connectivity index (χ2v) is 6.55. The van der Waals surface area contributed by atoms with E-state index in [0.717, 1.165) is 24.9 Å². The molecule has 1 unspecified atom stereocenters. The van der Waals surface area contributed by atoms with Crippen molar-refractivity contribution in [2.45, 2.75) is 37.6 Å². The first-order valence-electron chi connectivity index (χ1n) is 7.38. The van der Waals surface area contributed by atoms with Gasteiger partial charge in [-0.25, -0.2) is 0 Å². The molecule has 1 amide bonds. The van der Waals surface area contributed by atoms with Crippen LogP contribution in [-0.2, 0) is 4.79 Å². The summed E-state index contributed by atoms with van der Waals surface area (Å²) in [6.07, 6.45) is 3.50. The summed E-state index contributed by atoms with van der Waals surface area (Å²) in [5.74, 6) is -0.103. The fraction of sp³-hybridized carbons (Fsp3) is 0.562. The zero-order valence-corrected chi connectivity index (χ0v) is 12.6. The lowest BCUT2D eigenvalue weighted by Crippen LogP contribution is -2.50. The maximum Gasteiger partial charge on any atom is 0.227 e. The molecular formula is C16H21ClN2O. The summed E-state index contributed by atoms with van der Waals surface area (Å²) in [6, 6.07) is 7.59. The van der Waals surface area contributed by atoms with E-state index >= 15 is 0 Å². The Morgan fingerprint density at radius 1 is 1.40 bits per heavy atom. The molecule has 108 valence electrons. The van der Waals surface area contributed by atoms with E-state index in [2.05, 4.69) is 10.2 Å². The standard InChI is InChI=1S/C16H21ClN2O/c1-12(13-5-2-3-6-14(13)17)15(20)18-16(7-8-16)11-19-9-4-10-19/h2-3,5-6,12H,4,7-11H2,1H3,(H,18,20). The molecule has 1 aliphatic carbocycles. The number of likely N-dealkylation sites (tertiary alicyclic amines) is 1. The molecule has 3 rings (SSSR count). The van der Waals surface area contributed by atoms with E-state index in [0.29, 0.717) is 5.02 Å². The van der Waals surface area contributed by atoms with E-state index in [1.807, 2.05) is 31.2 Å². The van der Waals surface area contributed by atoms with Gasteiger partial charge in [0, 0.05) is 11.6 Å². The Kier molecular flexibility index (Phi) is 3.74. The van der Waals surface area contributed by atoms with Crippen molar-refractivity contribution in [3.05, 3.63) is 34.9 Å². The normalized spacial score (nSPS) is 21.9. The van der Waals surface area contributed by atoms with Crippen LogP contribution in [0.25, 0.3) is 0 Å². The van der Waals surface area contributed by atoms with Crippen LogP contribution in [0.15, 0.2) is 24.3 Å². The second kappa shape index (κ2) is 5.38. The van der Waals surface area contributed by atoms with Crippen molar-refractivity contribution in [3.8, 4) is 0 Å². The molecule has 2 fully saturated rings. The number of nitrogens with one attached hydrogen (secondary N) is 1. The van der Waals surface area contributed by atoms with Gasteiger partial charge in [0.1, 0.15) is 0 Å². The van der Waals surface area contributed by atoms with Crippen molar-refractivity contribution in [1.82, 2.24) is 10.2 Å². The van der Waals surface area contributed by atoms with Crippen LogP contribution >= 0.6 is 11.6 Å². The van der Waals surface area contributed by atoms with Crippen molar-refractivity contribution in [2.24, 2.45) is 0 Å². The Morgan fingerprint density at radius 2 is 2.10 bits per heavy atom. The molecular weight excluding hydrogens is 272 g/mol. The zero-order valence-electron chi connectivity index (χ0n) is 11.9. The highest BCUT2D eigenvalue weighted by molar-refractivity contribution is 6.31. The van der Waals surface area contributed by atoms with Gasteiger partial charge in [0.05, 0.1) is 11.5 Å². The predicted octanol–water partition coefficient (Wildman–Crippen LogP) is 2.80. The summed E-state index contributed by atoms with van der Waals surface area (Å²) >= 11 is 6.18. The molecule has 0 aromatic heterocycles. The lowest BCUT2D eigenvalue weighted by molar-refractivity contribution is -0.123. The largest absolute Gasteiger partial charge is 0.349 e. The topological polar surface area (TPSA) is 32.3 Å². The number of hydrogen-bond acceptors (Lipinski definition) is 2. The minimum Gasteiger partial charge on any atom is -0.349 e. The van der Waals surface area contributed by atoms with Gasteiger partial charge in [0.15, 0.2) is 0 Å². The number of halogens is 1. The molecule has 2 aliphatic rings. The van der Waals surface area contributed by atoms with Crippen LogP contribution in [0.5, 0.6) is 0 Å². The third kappa shape index (κ3) is 2.84. The third-order valence-electron chi connectivity index (χ3n) is 4.48. The summed E-state index contributed by atoms with van der Waals surface area (Å²) in [5.41, 5.74) is 0.943. The molecule has 4 heteroatoms. The smallest absolute Gasteiger partial charge is 0.227 e. The van der Waals surface area contributed by atoms with E-state index in [1.165, 1.54) is 19.5 Å². The van der Waals surface area contributed by atoms with Crippen LogP contribution in [0.2, 0.25) is 5.02 Å². The highest BCUT2D eigenvalue weighted by Crippen LogP contribution is 2.38. The van der Waals surface area contributed by atoms with Crippen molar-refractivity contribution in [2.75, 3.05) is 19.6 Å². The summed E-state index contributed by atoms with van der Waals surface area (Å²) in [6.45, 7) is 5.29. The third-order valence-corrected chi connectivity index (χ3v) is 4.83. The van der Waals surface area contributed by atoms with Crippen LogP contribution in [0.3, 0.4) is 0 Å². The summed E-state index contributed by atoms with van der Waals surface area (Å²) in [7, 11) is 0. The minimum atomic E-state index is -0.197. The second-order valence-electron chi connectivity index (χ2n) is 6.14. The molecule has 0 bridgehead atoms. The van der Waals surface area contributed by atoms with Gasteiger partial charge in [-0.3, -0.25) is 4.79 Å². The number of benzene rings is 1. The first-order chi connectivity index (χ1) is 9.60. The zero-order chi connectivity index (χ0) is 14.2. The summed E-state index contributed by atoms with van der Waals surface area (Å²) < 4.78 is 0. The maximum atomic E-state index is 12.5. The van der Waals surface area contributed by atoms with Gasteiger partial charge in [-0.05, 0) is 50.9 Å². The molecule has 1 heterocycles. The summed E-state index contributed by atoms with van der Waals surface area (Å²) in [4.78, 5) is 14.9. The van der Waals surface area contributed by atoms with E-state index in [-0.39, 0.29) is 17.4 Å². The lowest BCUT2D eigenvalue weighted by Gasteiger charge is -2.35. The molecule has 20 heavy (non-hydrogen) atoms.